The molecule has 10 heteroatoms. The predicted molar refractivity (Wildman–Crippen MR) is 83.1 cm³/mol. The third-order valence-corrected chi connectivity index (χ3v) is 3.67. The molecule has 1 aromatic carbocycles. The number of hydrogen-bond acceptors (Lipinski definition) is 6. The third kappa shape index (κ3) is 5.52. The number of ether oxygens (including phenoxy) is 1. The highest BCUT2D eigenvalue weighted by atomic mass is 32.2. The van der Waals surface area contributed by atoms with Crippen molar-refractivity contribution in [3.63, 3.8) is 0 Å². The fourth-order valence-corrected chi connectivity index (χ4v) is 2.43. The van der Waals surface area contributed by atoms with Gasteiger partial charge >= 0.3 is 11.5 Å². The van der Waals surface area contributed by atoms with Crippen LogP contribution >= 0.6 is 11.8 Å². The lowest BCUT2D eigenvalue weighted by Gasteiger charge is -2.14. The van der Waals surface area contributed by atoms with E-state index in [0.29, 0.717) is 5.69 Å². The standard InChI is InChI=1S/C15H13F3N2O4S/c1-8-7-12(24-20-8)19-13(21)9(2)23-14(22)10-5-3-4-6-11(10)25-15(16,17)18/h3-7,9H,1-2H3,(H,19,21)/t9-/m1/s1. The van der Waals surface area contributed by atoms with E-state index in [2.05, 4.69) is 10.5 Å². The first-order valence-electron chi connectivity index (χ1n) is 6.95. The number of alkyl halides is 3. The fraction of sp³-hybridized carbons (Fsp3) is 0.267. The van der Waals surface area contributed by atoms with E-state index in [-0.39, 0.29) is 16.3 Å². The molecule has 0 radical (unpaired) electrons. The zero-order valence-electron chi connectivity index (χ0n) is 13.1. The second kappa shape index (κ2) is 7.60. The Labute approximate surface area is 144 Å². The highest BCUT2D eigenvalue weighted by Gasteiger charge is 2.32. The van der Waals surface area contributed by atoms with Gasteiger partial charge in [-0.3, -0.25) is 10.1 Å². The van der Waals surface area contributed by atoms with Crippen molar-refractivity contribution in [1.29, 1.82) is 0 Å². The summed E-state index contributed by atoms with van der Waals surface area (Å²) < 4.78 is 47.4. The molecule has 1 heterocycles. The van der Waals surface area contributed by atoms with Crippen LogP contribution in [0, 0.1) is 6.92 Å². The fourth-order valence-electron chi connectivity index (χ4n) is 1.77. The first-order valence-corrected chi connectivity index (χ1v) is 7.77. The van der Waals surface area contributed by atoms with Gasteiger partial charge in [-0.15, -0.1) is 0 Å². The zero-order chi connectivity index (χ0) is 18.6. The highest BCUT2D eigenvalue weighted by Crippen LogP contribution is 2.38. The second-order valence-electron chi connectivity index (χ2n) is 4.91. The number of esters is 1. The number of benzene rings is 1. The quantitative estimate of drug-likeness (QED) is 0.634. The summed E-state index contributed by atoms with van der Waals surface area (Å²) in [5.74, 6) is -1.67. The van der Waals surface area contributed by atoms with E-state index in [4.69, 9.17) is 9.26 Å². The van der Waals surface area contributed by atoms with Crippen molar-refractivity contribution in [2.75, 3.05) is 5.32 Å². The Hall–Kier alpha value is -2.49. The van der Waals surface area contributed by atoms with Gasteiger partial charge in [-0.25, -0.2) is 4.79 Å². The Kier molecular flexibility index (Phi) is 5.73. The van der Waals surface area contributed by atoms with Crippen molar-refractivity contribution in [2.24, 2.45) is 0 Å². The molecule has 1 N–H and O–H groups in total. The average molecular weight is 374 g/mol. The molecular formula is C15H13F3N2O4S. The van der Waals surface area contributed by atoms with E-state index in [9.17, 15) is 22.8 Å². The Morgan fingerprint density at radius 2 is 2.00 bits per heavy atom. The molecule has 6 nitrogen and oxygen atoms in total. The van der Waals surface area contributed by atoms with Crippen molar-refractivity contribution in [3.05, 3.63) is 41.6 Å². The Morgan fingerprint density at radius 1 is 1.32 bits per heavy atom. The van der Waals surface area contributed by atoms with E-state index < -0.39 is 35.3 Å². The first kappa shape index (κ1) is 18.8. The largest absolute Gasteiger partial charge is 0.449 e. The third-order valence-electron chi connectivity index (χ3n) is 2.86. The van der Waals surface area contributed by atoms with Crippen molar-refractivity contribution in [1.82, 2.24) is 5.16 Å². The molecule has 1 aromatic heterocycles. The van der Waals surface area contributed by atoms with Crippen LogP contribution < -0.4 is 5.32 Å². The lowest BCUT2D eigenvalue weighted by atomic mass is 10.2. The number of carbonyl (C=O) groups is 2. The van der Waals surface area contributed by atoms with Crippen LogP contribution in [0.4, 0.5) is 19.1 Å². The van der Waals surface area contributed by atoms with Crippen LogP contribution in [0.1, 0.15) is 23.0 Å². The Bertz CT molecular complexity index is 776. The van der Waals surface area contributed by atoms with Crippen molar-refractivity contribution in [2.45, 2.75) is 30.4 Å². The van der Waals surface area contributed by atoms with Crippen molar-refractivity contribution < 1.29 is 32.0 Å². The number of amides is 1. The number of nitrogens with zero attached hydrogens (tertiary/aromatic N) is 1. The Morgan fingerprint density at radius 3 is 2.60 bits per heavy atom. The molecule has 134 valence electrons. The maximum atomic E-state index is 12.6. The molecule has 0 saturated carbocycles. The molecule has 0 spiro atoms. The smallest absolute Gasteiger partial charge is 0.446 e. The van der Waals surface area contributed by atoms with Crippen LogP contribution in [0.5, 0.6) is 0 Å². The SMILES string of the molecule is Cc1cc(NC(=O)[C@@H](C)OC(=O)c2ccccc2SC(F)(F)F)on1. The molecule has 0 fully saturated rings. The normalized spacial score (nSPS) is 12.5. The van der Waals surface area contributed by atoms with Crippen LogP contribution in [-0.4, -0.2) is 28.6 Å². The Balaban J connectivity index is 2.05. The molecule has 0 aliphatic carbocycles. The minimum absolute atomic E-state index is 0.0680. The van der Waals surface area contributed by atoms with Crippen LogP contribution in [0.15, 0.2) is 39.8 Å². The zero-order valence-corrected chi connectivity index (χ0v) is 13.9. The number of thioether (sulfide) groups is 1. The van der Waals surface area contributed by atoms with Crippen LogP contribution in [-0.2, 0) is 9.53 Å². The van der Waals surface area contributed by atoms with Crippen molar-refractivity contribution in [3.8, 4) is 0 Å². The molecule has 0 aliphatic rings. The molecule has 0 unspecified atom stereocenters. The van der Waals surface area contributed by atoms with Gasteiger partial charge in [0.2, 0.25) is 5.88 Å². The van der Waals surface area contributed by atoms with Gasteiger partial charge in [0.15, 0.2) is 6.10 Å². The molecule has 0 aliphatic heterocycles. The van der Waals surface area contributed by atoms with E-state index in [0.717, 1.165) is 6.07 Å². The summed E-state index contributed by atoms with van der Waals surface area (Å²) >= 11 is -0.428. The number of halogens is 3. The van der Waals surface area contributed by atoms with Crippen LogP contribution in [0.2, 0.25) is 0 Å². The minimum atomic E-state index is -4.55. The maximum Gasteiger partial charge on any atom is 0.446 e. The number of aromatic nitrogens is 1. The minimum Gasteiger partial charge on any atom is -0.449 e. The van der Waals surface area contributed by atoms with E-state index in [1.165, 1.54) is 31.2 Å². The molecule has 1 atom stereocenters. The summed E-state index contributed by atoms with van der Waals surface area (Å²) in [4.78, 5) is 23.7. The number of hydrogen-bond donors (Lipinski definition) is 1. The monoisotopic (exact) mass is 374 g/mol. The van der Waals surface area contributed by atoms with Gasteiger partial charge in [0.1, 0.15) is 0 Å². The molecule has 2 rings (SSSR count). The molecule has 1 amide bonds. The second-order valence-corrected chi connectivity index (χ2v) is 6.02. The van der Waals surface area contributed by atoms with Gasteiger partial charge in [0, 0.05) is 11.0 Å². The molecular weight excluding hydrogens is 361 g/mol. The van der Waals surface area contributed by atoms with E-state index in [1.54, 1.807) is 6.92 Å². The lowest BCUT2D eigenvalue weighted by Crippen LogP contribution is -2.30. The van der Waals surface area contributed by atoms with Gasteiger partial charge in [0.05, 0.1) is 11.3 Å². The summed E-state index contributed by atoms with van der Waals surface area (Å²) in [5.41, 5.74) is -4.29. The number of nitrogens with one attached hydrogen (secondary N) is 1. The maximum absolute atomic E-state index is 12.6. The van der Waals surface area contributed by atoms with Gasteiger partial charge < -0.3 is 9.26 Å². The van der Waals surface area contributed by atoms with Gasteiger partial charge in [-0.05, 0) is 37.7 Å². The summed E-state index contributed by atoms with van der Waals surface area (Å²) in [6, 6.07) is 6.58. The predicted octanol–water partition coefficient (Wildman–Crippen LogP) is 3.78. The van der Waals surface area contributed by atoms with Crippen LogP contribution in [0.25, 0.3) is 0 Å². The summed E-state index contributed by atoms with van der Waals surface area (Å²) in [6.07, 6.45) is -1.25. The molecule has 2 aromatic rings. The van der Waals surface area contributed by atoms with E-state index in [1.807, 2.05) is 0 Å². The first-order chi connectivity index (χ1) is 11.7. The summed E-state index contributed by atoms with van der Waals surface area (Å²) in [7, 11) is 0. The molecule has 25 heavy (non-hydrogen) atoms. The van der Waals surface area contributed by atoms with E-state index >= 15 is 0 Å². The lowest BCUT2D eigenvalue weighted by molar-refractivity contribution is -0.124. The highest BCUT2D eigenvalue weighted by molar-refractivity contribution is 8.00. The van der Waals surface area contributed by atoms with Gasteiger partial charge in [0.25, 0.3) is 5.91 Å². The topological polar surface area (TPSA) is 81.4 Å². The van der Waals surface area contributed by atoms with Gasteiger partial charge in [-0.1, -0.05) is 17.3 Å². The summed E-state index contributed by atoms with van der Waals surface area (Å²) in [5, 5.41) is 5.92. The molecule has 0 bridgehead atoms. The number of carbonyl (C=O) groups excluding carboxylic acids is 2. The van der Waals surface area contributed by atoms with Crippen molar-refractivity contribution >= 4 is 29.5 Å². The number of anilines is 1. The average Bonchev–Trinajstić information content (AvgIpc) is 2.91. The van der Waals surface area contributed by atoms with Crippen LogP contribution in [0.3, 0.4) is 0 Å². The number of aryl methyl sites for hydroxylation is 1. The van der Waals surface area contributed by atoms with Gasteiger partial charge in [-0.2, -0.15) is 13.2 Å². The number of rotatable bonds is 5. The summed E-state index contributed by atoms with van der Waals surface area (Å²) in [6.45, 7) is 2.94. The molecule has 0 saturated heterocycles.